The number of imide groups is 1. The van der Waals surface area contributed by atoms with E-state index in [9.17, 15) is 14.4 Å². The van der Waals surface area contributed by atoms with Crippen molar-refractivity contribution in [3.63, 3.8) is 0 Å². The quantitative estimate of drug-likeness (QED) is 0.484. The van der Waals surface area contributed by atoms with Crippen LogP contribution in [0.4, 0.5) is 4.79 Å². The van der Waals surface area contributed by atoms with E-state index in [1.165, 1.54) is 19.0 Å². The van der Waals surface area contributed by atoms with E-state index in [0.717, 1.165) is 4.90 Å². The Morgan fingerprint density at radius 3 is 2.50 bits per heavy atom. The first-order valence-electron chi connectivity index (χ1n) is 4.68. The third-order valence-electron chi connectivity index (χ3n) is 2.47. The van der Waals surface area contributed by atoms with Gasteiger partial charge in [-0.25, -0.2) is 4.79 Å². The van der Waals surface area contributed by atoms with Crippen LogP contribution in [0.3, 0.4) is 0 Å². The van der Waals surface area contributed by atoms with Crippen LogP contribution in [0.5, 0.6) is 0 Å². The van der Waals surface area contributed by atoms with Crippen molar-refractivity contribution < 1.29 is 14.4 Å². The van der Waals surface area contributed by atoms with E-state index in [-0.39, 0.29) is 6.54 Å². The number of likely N-dealkylation sites (N-methyl/N-ethyl adjacent to an activating group) is 2. The van der Waals surface area contributed by atoms with Crippen molar-refractivity contribution in [3.05, 3.63) is 0 Å². The Labute approximate surface area is 92.5 Å². The maximum atomic E-state index is 11.7. The second kappa shape index (κ2) is 4.45. The molecule has 4 amide bonds. The fourth-order valence-electron chi connectivity index (χ4n) is 1.46. The normalized spacial score (nSPS) is 26.2. The number of hydrogen-bond donors (Lipinski definition) is 3. The van der Waals surface area contributed by atoms with Gasteiger partial charge >= 0.3 is 6.03 Å². The summed E-state index contributed by atoms with van der Waals surface area (Å²) in [4.78, 5) is 35.9. The molecule has 8 heteroatoms. The molecule has 0 aromatic carbocycles. The molecule has 0 aliphatic carbocycles. The molecule has 0 aromatic heterocycles. The van der Waals surface area contributed by atoms with Crippen LogP contribution >= 0.6 is 0 Å². The van der Waals surface area contributed by atoms with Crippen LogP contribution < -0.4 is 16.8 Å². The number of amides is 4. The van der Waals surface area contributed by atoms with Gasteiger partial charge in [0.25, 0.3) is 5.91 Å². The largest absolute Gasteiger partial charge is 0.369 e. The minimum atomic E-state index is -0.819. The number of carbonyl (C=O) groups is 3. The van der Waals surface area contributed by atoms with Gasteiger partial charge in [0, 0.05) is 14.1 Å². The molecule has 0 aromatic rings. The summed E-state index contributed by atoms with van der Waals surface area (Å²) >= 11 is 0. The maximum absolute atomic E-state index is 11.7. The second-order valence-electron chi connectivity index (χ2n) is 3.61. The standard InChI is InChI=1S/C8H15N5O3/c1-12-6(10)5(11-3-4(9)14)7(15)13(2)8(12)16/h5-6,11H,3,10H2,1-2H3,(H2,9,14)/t5?,6-/m1/s1. The fourth-order valence-corrected chi connectivity index (χ4v) is 1.46. The molecule has 8 nitrogen and oxygen atoms in total. The van der Waals surface area contributed by atoms with Crippen molar-refractivity contribution in [3.8, 4) is 0 Å². The molecule has 1 aliphatic heterocycles. The van der Waals surface area contributed by atoms with Crippen molar-refractivity contribution in [2.45, 2.75) is 12.2 Å². The highest BCUT2D eigenvalue weighted by molar-refractivity contribution is 6.00. The lowest BCUT2D eigenvalue weighted by molar-refractivity contribution is -0.134. The minimum Gasteiger partial charge on any atom is -0.369 e. The van der Waals surface area contributed by atoms with E-state index in [4.69, 9.17) is 11.5 Å². The van der Waals surface area contributed by atoms with Crippen molar-refractivity contribution in [2.24, 2.45) is 11.5 Å². The summed E-state index contributed by atoms with van der Waals surface area (Å²) in [5.41, 5.74) is 10.6. The van der Waals surface area contributed by atoms with Crippen molar-refractivity contribution in [1.82, 2.24) is 15.1 Å². The Bertz CT molecular complexity index is 332. The van der Waals surface area contributed by atoms with Gasteiger partial charge in [-0.05, 0) is 0 Å². The molecule has 1 heterocycles. The van der Waals surface area contributed by atoms with Gasteiger partial charge in [-0.3, -0.25) is 19.8 Å². The number of rotatable bonds is 3. The zero-order chi connectivity index (χ0) is 12.5. The van der Waals surface area contributed by atoms with Gasteiger partial charge in [-0.2, -0.15) is 0 Å². The summed E-state index contributed by atoms with van der Waals surface area (Å²) in [6.45, 7) is -0.167. The predicted octanol–water partition coefficient (Wildman–Crippen LogP) is -2.76. The van der Waals surface area contributed by atoms with Gasteiger partial charge in [-0.1, -0.05) is 0 Å². The molecule has 0 bridgehead atoms. The smallest absolute Gasteiger partial charge is 0.327 e. The molecule has 5 N–H and O–H groups in total. The van der Waals surface area contributed by atoms with E-state index in [1.54, 1.807) is 0 Å². The van der Waals surface area contributed by atoms with E-state index < -0.39 is 30.1 Å². The molecule has 0 saturated carbocycles. The SMILES string of the molecule is CN1C(=O)C(NCC(N)=O)[C@H](N)N(C)C1=O. The maximum Gasteiger partial charge on any atom is 0.327 e. The predicted molar refractivity (Wildman–Crippen MR) is 54.9 cm³/mol. The zero-order valence-corrected chi connectivity index (χ0v) is 9.14. The number of carbonyl (C=O) groups excluding carboxylic acids is 3. The van der Waals surface area contributed by atoms with Crippen molar-refractivity contribution in [1.29, 1.82) is 0 Å². The lowest BCUT2D eigenvalue weighted by Crippen LogP contribution is -2.69. The topological polar surface area (TPSA) is 122 Å². The molecule has 1 aliphatic rings. The Balaban J connectivity index is 2.78. The highest BCUT2D eigenvalue weighted by Crippen LogP contribution is 2.11. The molecular weight excluding hydrogens is 214 g/mol. The molecule has 16 heavy (non-hydrogen) atoms. The molecule has 1 rings (SSSR count). The fraction of sp³-hybridized carbons (Fsp3) is 0.625. The van der Waals surface area contributed by atoms with Gasteiger partial charge in [0.2, 0.25) is 5.91 Å². The van der Waals surface area contributed by atoms with Crippen LogP contribution in [-0.4, -0.2) is 60.5 Å². The molecule has 1 saturated heterocycles. The van der Waals surface area contributed by atoms with E-state index in [0.29, 0.717) is 0 Å². The first-order chi connectivity index (χ1) is 7.36. The van der Waals surface area contributed by atoms with Gasteiger partial charge in [-0.15, -0.1) is 0 Å². The minimum absolute atomic E-state index is 0.167. The highest BCUT2D eigenvalue weighted by Gasteiger charge is 2.41. The van der Waals surface area contributed by atoms with Crippen molar-refractivity contribution in [2.75, 3.05) is 20.6 Å². The van der Waals surface area contributed by atoms with Crippen LogP contribution in [0.2, 0.25) is 0 Å². The molecule has 1 unspecified atom stereocenters. The number of hydrogen-bond acceptors (Lipinski definition) is 5. The summed E-state index contributed by atoms with van der Waals surface area (Å²) < 4.78 is 0. The second-order valence-corrected chi connectivity index (χ2v) is 3.61. The third kappa shape index (κ3) is 2.12. The Kier molecular flexibility index (Phi) is 3.45. The summed E-state index contributed by atoms with van der Waals surface area (Å²) in [5, 5.41) is 2.62. The molecule has 0 radical (unpaired) electrons. The van der Waals surface area contributed by atoms with Crippen LogP contribution in [0, 0.1) is 0 Å². The van der Waals surface area contributed by atoms with Gasteiger partial charge in [0.1, 0.15) is 12.2 Å². The zero-order valence-electron chi connectivity index (χ0n) is 9.14. The summed E-state index contributed by atoms with van der Waals surface area (Å²) in [5.74, 6) is -1.07. The van der Waals surface area contributed by atoms with Crippen LogP contribution in [0.15, 0.2) is 0 Å². The van der Waals surface area contributed by atoms with Gasteiger partial charge in [0.05, 0.1) is 6.54 Å². The number of nitrogens with two attached hydrogens (primary N) is 2. The monoisotopic (exact) mass is 229 g/mol. The van der Waals surface area contributed by atoms with E-state index >= 15 is 0 Å². The summed E-state index contributed by atoms with van der Waals surface area (Å²) in [7, 11) is 2.83. The first-order valence-corrected chi connectivity index (χ1v) is 4.68. The Morgan fingerprint density at radius 1 is 1.44 bits per heavy atom. The average molecular weight is 229 g/mol. The number of nitrogens with zero attached hydrogens (tertiary/aromatic N) is 2. The van der Waals surface area contributed by atoms with Crippen LogP contribution in [0.25, 0.3) is 0 Å². The van der Waals surface area contributed by atoms with Crippen LogP contribution in [0.1, 0.15) is 0 Å². The summed E-state index contributed by atoms with van der Waals surface area (Å²) in [6, 6.07) is -1.30. The molecule has 90 valence electrons. The number of nitrogens with one attached hydrogen (secondary N) is 1. The molecule has 0 spiro atoms. The number of primary amides is 1. The van der Waals surface area contributed by atoms with E-state index in [2.05, 4.69) is 5.32 Å². The lowest BCUT2D eigenvalue weighted by Gasteiger charge is -2.39. The highest BCUT2D eigenvalue weighted by atomic mass is 16.2. The summed E-state index contributed by atoms with van der Waals surface area (Å²) in [6.07, 6.45) is -0.810. The Hall–Kier alpha value is -1.67. The third-order valence-corrected chi connectivity index (χ3v) is 2.47. The molecule has 1 fully saturated rings. The molecule has 2 atom stereocenters. The van der Waals surface area contributed by atoms with Gasteiger partial charge < -0.3 is 16.4 Å². The average Bonchev–Trinajstić information content (AvgIpc) is 2.23. The Morgan fingerprint density at radius 2 is 2.00 bits per heavy atom. The van der Waals surface area contributed by atoms with Crippen LogP contribution in [-0.2, 0) is 9.59 Å². The number of urea groups is 1. The van der Waals surface area contributed by atoms with E-state index in [1.807, 2.05) is 0 Å². The first kappa shape index (κ1) is 12.4. The lowest BCUT2D eigenvalue weighted by atomic mass is 10.1. The molecular formula is C8H15N5O3. The van der Waals surface area contributed by atoms with Crippen molar-refractivity contribution >= 4 is 17.8 Å². The van der Waals surface area contributed by atoms with Gasteiger partial charge in [0.15, 0.2) is 0 Å².